The molecule has 0 bridgehead atoms. The van der Waals surface area contributed by atoms with Crippen molar-refractivity contribution < 1.29 is 14.6 Å². The summed E-state index contributed by atoms with van der Waals surface area (Å²) in [5, 5.41) is 10.0. The van der Waals surface area contributed by atoms with Gasteiger partial charge in [0.1, 0.15) is 11.5 Å². The molecule has 0 heterocycles. The molecular formula is C24H40O3. The third kappa shape index (κ3) is 5.40. The van der Waals surface area contributed by atoms with Crippen molar-refractivity contribution in [2.75, 3.05) is 14.2 Å². The first-order valence-electron chi connectivity index (χ1n) is 10.8. The summed E-state index contributed by atoms with van der Waals surface area (Å²) in [5.41, 5.74) is 2.58. The van der Waals surface area contributed by atoms with Crippen molar-refractivity contribution >= 4 is 0 Å². The average molecular weight is 377 g/mol. The minimum atomic E-state index is -0.172. The van der Waals surface area contributed by atoms with Gasteiger partial charge in [0.2, 0.25) is 0 Å². The lowest BCUT2D eigenvalue weighted by Gasteiger charge is -2.35. The number of rotatable bonds is 9. The summed E-state index contributed by atoms with van der Waals surface area (Å²) in [6.45, 7) is 9.14. The van der Waals surface area contributed by atoms with E-state index in [4.69, 9.17) is 9.47 Å². The third-order valence-corrected chi connectivity index (χ3v) is 6.49. The van der Waals surface area contributed by atoms with E-state index in [1.165, 1.54) is 43.2 Å². The second kappa shape index (κ2) is 9.82. The predicted octanol–water partition coefficient (Wildman–Crippen LogP) is 6.22. The van der Waals surface area contributed by atoms with E-state index in [1.54, 1.807) is 14.2 Å². The summed E-state index contributed by atoms with van der Waals surface area (Å²) in [6.07, 6.45) is 8.82. The van der Waals surface area contributed by atoms with Crippen LogP contribution in [-0.2, 0) is 5.41 Å². The molecular weight excluding hydrogens is 336 g/mol. The van der Waals surface area contributed by atoms with Crippen molar-refractivity contribution in [3.63, 3.8) is 0 Å². The first-order valence-corrected chi connectivity index (χ1v) is 10.8. The van der Waals surface area contributed by atoms with Crippen molar-refractivity contribution in [1.82, 2.24) is 0 Å². The number of ether oxygens (including phenoxy) is 2. The van der Waals surface area contributed by atoms with Gasteiger partial charge in [-0.1, -0.05) is 53.4 Å². The minimum absolute atomic E-state index is 0.0984. The molecule has 1 saturated carbocycles. The topological polar surface area (TPSA) is 38.7 Å². The molecule has 0 aromatic heterocycles. The second-order valence-corrected chi connectivity index (χ2v) is 9.04. The van der Waals surface area contributed by atoms with Gasteiger partial charge in [-0.05, 0) is 60.6 Å². The van der Waals surface area contributed by atoms with Crippen molar-refractivity contribution in [3.8, 4) is 11.5 Å². The van der Waals surface area contributed by atoms with E-state index in [2.05, 4.69) is 39.8 Å². The van der Waals surface area contributed by atoms with E-state index in [-0.39, 0.29) is 11.5 Å². The van der Waals surface area contributed by atoms with E-state index >= 15 is 0 Å². The van der Waals surface area contributed by atoms with Gasteiger partial charge in [-0.15, -0.1) is 0 Å². The molecule has 0 radical (unpaired) electrons. The molecule has 27 heavy (non-hydrogen) atoms. The molecule has 1 aliphatic carbocycles. The summed E-state index contributed by atoms with van der Waals surface area (Å²) in [5.74, 6) is 2.68. The van der Waals surface area contributed by atoms with Gasteiger partial charge in [-0.3, -0.25) is 0 Å². The van der Waals surface area contributed by atoms with Crippen LogP contribution in [0.2, 0.25) is 0 Å². The fraction of sp³-hybridized carbons (Fsp3) is 0.750. The quantitative estimate of drug-likeness (QED) is 0.520. The molecule has 1 aromatic carbocycles. The van der Waals surface area contributed by atoms with Crippen LogP contribution in [0.1, 0.15) is 96.1 Å². The van der Waals surface area contributed by atoms with Crippen molar-refractivity contribution in [2.24, 2.45) is 5.92 Å². The highest BCUT2D eigenvalue weighted by molar-refractivity contribution is 5.52. The van der Waals surface area contributed by atoms with Crippen LogP contribution in [0.25, 0.3) is 0 Å². The fourth-order valence-corrected chi connectivity index (χ4v) is 4.63. The summed E-state index contributed by atoms with van der Waals surface area (Å²) in [4.78, 5) is 0. The van der Waals surface area contributed by atoms with Gasteiger partial charge >= 0.3 is 0 Å². The maximum absolute atomic E-state index is 10.0. The Labute approximate surface area is 166 Å². The monoisotopic (exact) mass is 376 g/mol. The molecule has 0 saturated heterocycles. The summed E-state index contributed by atoms with van der Waals surface area (Å²) >= 11 is 0. The van der Waals surface area contributed by atoms with Crippen LogP contribution in [0.15, 0.2) is 12.1 Å². The maximum Gasteiger partial charge on any atom is 0.126 e. The molecule has 1 N–H and O–H groups in total. The Morgan fingerprint density at radius 2 is 1.67 bits per heavy atom. The smallest absolute Gasteiger partial charge is 0.126 e. The van der Waals surface area contributed by atoms with Crippen molar-refractivity contribution in [1.29, 1.82) is 0 Å². The molecule has 154 valence electrons. The Balaban J connectivity index is 2.32. The van der Waals surface area contributed by atoms with E-state index in [9.17, 15) is 5.11 Å². The first-order chi connectivity index (χ1) is 12.8. The van der Waals surface area contributed by atoms with Gasteiger partial charge in [0.15, 0.2) is 0 Å². The van der Waals surface area contributed by atoms with Crippen LogP contribution >= 0.6 is 0 Å². The lowest BCUT2D eigenvalue weighted by molar-refractivity contribution is 0.0937. The lowest BCUT2D eigenvalue weighted by atomic mass is 9.73. The zero-order valence-electron chi connectivity index (χ0n) is 18.3. The van der Waals surface area contributed by atoms with E-state index in [1.807, 2.05) is 0 Å². The van der Waals surface area contributed by atoms with E-state index in [0.717, 1.165) is 30.8 Å². The Morgan fingerprint density at radius 1 is 1.04 bits per heavy atom. The van der Waals surface area contributed by atoms with Gasteiger partial charge in [0.25, 0.3) is 0 Å². The highest BCUT2D eigenvalue weighted by Crippen LogP contribution is 2.47. The average Bonchev–Trinajstić information content (AvgIpc) is 2.64. The number of hydrogen-bond acceptors (Lipinski definition) is 3. The lowest BCUT2D eigenvalue weighted by Crippen LogP contribution is -2.25. The van der Waals surface area contributed by atoms with Gasteiger partial charge in [0.05, 0.1) is 20.3 Å². The first kappa shape index (κ1) is 22.1. The molecule has 3 heteroatoms. The van der Waals surface area contributed by atoms with Crippen LogP contribution < -0.4 is 9.47 Å². The Hall–Kier alpha value is -1.22. The van der Waals surface area contributed by atoms with Gasteiger partial charge in [0, 0.05) is 5.56 Å². The Kier molecular flexibility index (Phi) is 8.03. The van der Waals surface area contributed by atoms with Crippen molar-refractivity contribution in [3.05, 3.63) is 23.3 Å². The molecule has 1 aliphatic rings. The number of aliphatic hydroxyl groups excluding tert-OH is 1. The standard InChI is InChI=1S/C24H40O3/c1-7-8-9-10-13-24(3,4)18-15-21(26-5)23(22(16-18)27-6)20-12-11-19(25)14-17(20)2/h15-17,19-20,25H,7-14H2,1-6H3. The molecule has 0 spiro atoms. The van der Waals surface area contributed by atoms with Crippen molar-refractivity contribution in [2.45, 2.75) is 96.5 Å². The number of hydrogen-bond donors (Lipinski definition) is 1. The van der Waals surface area contributed by atoms with E-state index in [0.29, 0.717) is 11.8 Å². The van der Waals surface area contributed by atoms with Gasteiger partial charge in [-0.25, -0.2) is 0 Å². The molecule has 0 aliphatic heterocycles. The van der Waals surface area contributed by atoms with Crippen LogP contribution in [0.5, 0.6) is 11.5 Å². The zero-order chi connectivity index (χ0) is 20.0. The normalized spacial score (nSPS) is 23.3. The molecule has 3 atom stereocenters. The molecule has 1 fully saturated rings. The fourth-order valence-electron chi connectivity index (χ4n) is 4.63. The largest absolute Gasteiger partial charge is 0.496 e. The summed E-state index contributed by atoms with van der Waals surface area (Å²) < 4.78 is 11.7. The highest BCUT2D eigenvalue weighted by Gasteiger charge is 2.33. The molecule has 0 amide bonds. The van der Waals surface area contributed by atoms with Crippen LogP contribution in [0.3, 0.4) is 0 Å². The van der Waals surface area contributed by atoms with Gasteiger partial charge in [-0.2, -0.15) is 0 Å². The number of benzene rings is 1. The molecule has 2 rings (SSSR count). The maximum atomic E-state index is 10.0. The number of unbranched alkanes of at least 4 members (excludes halogenated alkanes) is 3. The summed E-state index contributed by atoms with van der Waals surface area (Å²) in [7, 11) is 3.53. The van der Waals surface area contributed by atoms with Gasteiger partial charge < -0.3 is 14.6 Å². The highest BCUT2D eigenvalue weighted by atomic mass is 16.5. The number of aliphatic hydroxyl groups is 1. The van der Waals surface area contributed by atoms with Crippen LogP contribution in [0, 0.1) is 5.92 Å². The predicted molar refractivity (Wildman–Crippen MR) is 113 cm³/mol. The summed E-state index contributed by atoms with van der Waals surface area (Å²) in [6, 6.07) is 4.46. The molecule has 3 unspecified atom stereocenters. The Morgan fingerprint density at radius 3 is 2.19 bits per heavy atom. The second-order valence-electron chi connectivity index (χ2n) is 9.04. The third-order valence-electron chi connectivity index (χ3n) is 6.49. The van der Waals surface area contributed by atoms with E-state index < -0.39 is 0 Å². The zero-order valence-corrected chi connectivity index (χ0v) is 18.3. The van der Waals surface area contributed by atoms with Crippen LogP contribution in [0.4, 0.5) is 0 Å². The minimum Gasteiger partial charge on any atom is -0.496 e. The molecule has 3 nitrogen and oxygen atoms in total. The molecule has 1 aromatic rings. The van der Waals surface area contributed by atoms with Crippen LogP contribution in [-0.4, -0.2) is 25.4 Å². The Bertz CT molecular complexity index is 568. The number of methoxy groups -OCH3 is 2. The SMILES string of the molecule is CCCCCCC(C)(C)c1cc(OC)c(C2CCC(O)CC2C)c(OC)c1.